The van der Waals surface area contributed by atoms with Crippen LogP contribution in [0.5, 0.6) is 0 Å². The van der Waals surface area contributed by atoms with E-state index in [2.05, 4.69) is 179 Å². The van der Waals surface area contributed by atoms with Crippen molar-refractivity contribution in [2.24, 2.45) is 0 Å². The molecule has 2 nitrogen and oxygen atoms in total. The van der Waals surface area contributed by atoms with Gasteiger partial charge in [-0.1, -0.05) is 152 Å². The zero-order chi connectivity index (χ0) is 31.2. The van der Waals surface area contributed by atoms with E-state index in [1.807, 2.05) is 6.20 Å². The Hall–Kier alpha value is -5.55. The molecule has 0 N–H and O–H groups in total. The molecule has 0 radical (unpaired) electrons. The molecule has 0 atom stereocenters. The van der Waals surface area contributed by atoms with Gasteiger partial charge in [-0.25, -0.2) is 4.98 Å². The molecule has 0 spiro atoms. The number of rotatable bonds is 6. The number of hydrogen-bond acceptors (Lipinski definition) is 2. The average Bonchev–Trinajstić information content (AvgIpc) is 3.75. The minimum absolute atomic E-state index is 0.998. The summed E-state index contributed by atoms with van der Waals surface area (Å²) in [6.45, 7) is 0. The summed E-state index contributed by atoms with van der Waals surface area (Å²) < 4.78 is 2.32. The number of thiophene rings is 1. The van der Waals surface area contributed by atoms with Crippen molar-refractivity contribution in [3.8, 4) is 16.8 Å². The molecular formula is C43H30N2SSi. The van der Waals surface area contributed by atoms with Gasteiger partial charge in [0.15, 0.2) is 8.07 Å². The van der Waals surface area contributed by atoms with Crippen molar-refractivity contribution in [1.82, 2.24) is 9.55 Å². The van der Waals surface area contributed by atoms with Crippen LogP contribution >= 0.6 is 11.3 Å². The largest absolute Gasteiger partial charge is 0.293 e. The Labute approximate surface area is 278 Å². The fourth-order valence-electron chi connectivity index (χ4n) is 7.42. The van der Waals surface area contributed by atoms with Gasteiger partial charge in [-0.15, -0.1) is 11.3 Å². The Morgan fingerprint density at radius 2 is 1.09 bits per heavy atom. The third-order valence-corrected chi connectivity index (χ3v) is 15.0. The van der Waals surface area contributed by atoms with Crippen molar-refractivity contribution in [2.45, 2.75) is 0 Å². The standard InChI is InChI=1S/C43H30N2SSi/c1-4-16-35(17-5-1)47(36-18-6-2-7-19-36,37-20-8-3-9-21-37)38-25-23-31(24-26-38)32-14-12-15-34(27-32)45-41-30-46-29-40(41)42-39-22-11-10-13-33(39)28-44-43(42)45/h1-30H. The molecule has 0 aliphatic heterocycles. The van der Waals surface area contributed by atoms with Gasteiger partial charge in [0, 0.05) is 38.8 Å². The van der Waals surface area contributed by atoms with Crippen molar-refractivity contribution in [3.63, 3.8) is 0 Å². The van der Waals surface area contributed by atoms with Gasteiger partial charge in [0.1, 0.15) is 5.65 Å². The molecule has 4 heteroatoms. The second-order valence-electron chi connectivity index (χ2n) is 12.0. The van der Waals surface area contributed by atoms with Gasteiger partial charge >= 0.3 is 0 Å². The lowest BCUT2D eigenvalue weighted by molar-refractivity contribution is 1.14. The SMILES string of the molecule is c1ccc([Si](c2ccccc2)(c2ccccc2)c2ccc(-c3cccc(-n4c5cscc5c5c6ccccc6cnc54)c3)cc2)cc1. The van der Waals surface area contributed by atoms with Gasteiger partial charge in [-0.3, -0.25) is 4.57 Å². The van der Waals surface area contributed by atoms with E-state index in [-0.39, 0.29) is 0 Å². The van der Waals surface area contributed by atoms with Gasteiger partial charge < -0.3 is 0 Å². The van der Waals surface area contributed by atoms with Crippen LogP contribution in [0.4, 0.5) is 0 Å². The highest BCUT2D eigenvalue weighted by atomic mass is 32.1. The Balaban J connectivity index is 1.20. The van der Waals surface area contributed by atoms with E-state index in [1.165, 1.54) is 58.9 Å². The van der Waals surface area contributed by atoms with E-state index in [0.717, 1.165) is 11.3 Å². The summed E-state index contributed by atoms with van der Waals surface area (Å²) in [6, 6.07) is 60.1. The molecule has 3 aromatic heterocycles. The molecule has 0 saturated carbocycles. The van der Waals surface area contributed by atoms with E-state index < -0.39 is 8.07 Å². The van der Waals surface area contributed by atoms with Crippen LogP contribution in [0.3, 0.4) is 0 Å². The maximum Gasteiger partial charge on any atom is 0.179 e. The Bertz CT molecular complexity index is 2400. The number of benzene rings is 6. The Kier molecular flexibility index (Phi) is 6.70. The fraction of sp³-hybridized carbons (Fsp3) is 0. The minimum atomic E-state index is -2.57. The molecule has 0 aliphatic rings. The van der Waals surface area contributed by atoms with E-state index in [9.17, 15) is 0 Å². The second kappa shape index (κ2) is 11.4. The smallest absolute Gasteiger partial charge is 0.179 e. The zero-order valence-electron chi connectivity index (χ0n) is 25.6. The van der Waals surface area contributed by atoms with Crippen molar-refractivity contribution in [2.75, 3.05) is 0 Å². The van der Waals surface area contributed by atoms with Crippen LogP contribution in [-0.4, -0.2) is 17.6 Å². The monoisotopic (exact) mass is 634 g/mol. The predicted octanol–water partition coefficient (Wildman–Crippen LogP) is 8.44. The molecule has 0 unspecified atom stereocenters. The normalized spacial score (nSPS) is 11.8. The number of pyridine rings is 1. The summed E-state index contributed by atoms with van der Waals surface area (Å²) >= 11 is 1.75. The minimum Gasteiger partial charge on any atom is -0.293 e. The first kappa shape index (κ1) is 27.7. The molecule has 0 amide bonds. The third-order valence-electron chi connectivity index (χ3n) is 9.52. The van der Waals surface area contributed by atoms with Crippen molar-refractivity contribution < 1.29 is 0 Å². The topological polar surface area (TPSA) is 17.8 Å². The van der Waals surface area contributed by atoms with E-state index in [4.69, 9.17) is 4.98 Å². The average molecular weight is 635 g/mol. The molecule has 222 valence electrons. The molecule has 0 aliphatic carbocycles. The van der Waals surface area contributed by atoms with Gasteiger partial charge in [0.2, 0.25) is 0 Å². The molecule has 3 heterocycles. The molecule has 0 fully saturated rings. The maximum atomic E-state index is 4.99. The second-order valence-corrected chi connectivity index (χ2v) is 16.6. The molecule has 9 rings (SSSR count). The summed E-state index contributed by atoms with van der Waals surface area (Å²) in [5, 5.41) is 14.9. The van der Waals surface area contributed by atoms with Gasteiger partial charge in [-0.2, -0.15) is 0 Å². The lowest BCUT2D eigenvalue weighted by Crippen LogP contribution is -2.74. The molecule has 0 bridgehead atoms. The van der Waals surface area contributed by atoms with Crippen LogP contribution < -0.4 is 20.7 Å². The van der Waals surface area contributed by atoms with Crippen LogP contribution in [0.2, 0.25) is 0 Å². The molecule has 47 heavy (non-hydrogen) atoms. The summed E-state index contributed by atoms with van der Waals surface area (Å²) in [5.74, 6) is 0. The number of fused-ring (bicyclic) bond motifs is 5. The summed E-state index contributed by atoms with van der Waals surface area (Å²) in [5.41, 5.74) is 5.70. The van der Waals surface area contributed by atoms with E-state index >= 15 is 0 Å². The van der Waals surface area contributed by atoms with Crippen molar-refractivity contribution in [3.05, 3.63) is 181 Å². The maximum absolute atomic E-state index is 4.99. The summed E-state index contributed by atoms with van der Waals surface area (Å²) in [4.78, 5) is 4.99. The van der Waals surface area contributed by atoms with Gasteiger partial charge in [0.25, 0.3) is 0 Å². The molecule has 9 aromatic rings. The highest BCUT2D eigenvalue weighted by Crippen LogP contribution is 2.37. The van der Waals surface area contributed by atoms with Crippen molar-refractivity contribution >= 4 is 72.9 Å². The highest BCUT2D eigenvalue weighted by Gasteiger charge is 2.41. The predicted molar refractivity (Wildman–Crippen MR) is 203 cm³/mol. The first-order valence-corrected chi connectivity index (χ1v) is 18.9. The molecular weight excluding hydrogens is 605 g/mol. The van der Waals surface area contributed by atoms with Gasteiger partial charge in [-0.05, 0) is 49.4 Å². The van der Waals surface area contributed by atoms with Crippen LogP contribution in [-0.2, 0) is 0 Å². The molecule has 0 saturated heterocycles. The van der Waals surface area contributed by atoms with Crippen LogP contribution in [0.25, 0.3) is 49.5 Å². The Morgan fingerprint density at radius 1 is 0.489 bits per heavy atom. The molecule has 6 aromatic carbocycles. The third kappa shape index (κ3) is 4.41. The first-order valence-electron chi connectivity index (χ1n) is 15.9. The van der Waals surface area contributed by atoms with Crippen LogP contribution in [0.15, 0.2) is 181 Å². The number of aromatic nitrogens is 2. The zero-order valence-corrected chi connectivity index (χ0v) is 27.4. The fourth-order valence-corrected chi connectivity index (χ4v) is 13.0. The van der Waals surface area contributed by atoms with E-state index in [1.54, 1.807) is 11.3 Å². The quantitative estimate of drug-likeness (QED) is 0.133. The van der Waals surface area contributed by atoms with Crippen LogP contribution in [0, 0.1) is 0 Å². The van der Waals surface area contributed by atoms with Gasteiger partial charge in [0.05, 0.1) is 5.52 Å². The van der Waals surface area contributed by atoms with Crippen molar-refractivity contribution in [1.29, 1.82) is 0 Å². The summed E-state index contributed by atoms with van der Waals surface area (Å²) in [6.07, 6.45) is 2.00. The van der Waals surface area contributed by atoms with Crippen LogP contribution in [0.1, 0.15) is 0 Å². The first-order chi connectivity index (χ1) is 23.3. The number of hydrogen-bond donors (Lipinski definition) is 0. The Morgan fingerprint density at radius 3 is 1.74 bits per heavy atom. The highest BCUT2D eigenvalue weighted by molar-refractivity contribution is 7.19. The lowest BCUT2D eigenvalue weighted by atomic mass is 10.1. The lowest BCUT2D eigenvalue weighted by Gasteiger charge is -2.34. The van der Waals surface area contributed by atoms with E-state index in [0.29, 0.717) is 0 Å². The number of nitrogens with zero attached hydrogens (tertiary/aromatic N) is 2. The summed E-state index contributed by atoms with van der Waals surface area (Å²) in [7, 11) is -2.57.